The van der Waals surface area contributed by atoms with Crippen LogP contribution in [0.3, 0.4) is 0 Å². The minimum Gasteiger partial charge on any atom is -0.497 e. The lowest BCUT2D eigenvalue weighted by atomic mass is 10.1. The summed E-state index contributed by atoms with van der Waals surface area (Å²) in [4.78, 5) is 0. The average Bonchev–Trinajstić information content (AvgIpc) is 2.86. The van der Waals surface area contributed by atoms with Crippen LogP contribution >= 0.6 is 0 Å². The molecule has 3 rings (SSSR count). The summed E-state index contributed by atoms with van der Waals surface area (Å²) in [6.45, 7) is 0. The number of anilines is 1. The molecule has 82 valence electrons. The number of nitrogens with one attached hydrogen (secondary N) is 2. The molecule has 1 aliphatic carbocycles. The molecule has 4 nitrogen and oxygen atoms in total. The minimum absolute atomic E-state index is 0.882. The molecular formula is C12H13N3O. The summed E-state index contributed by atoms with van der Waals surface area (Å²) in [6.07, 6.45) is 0.932. The predicted molar refractivity (Wildman–Crippen MR) is 62.9 cm³/mol. The van der Waals surface area contributed by atoms with Crippen molar-refractivity contribution in [3.63, 3.8) is 0 Å². The van der Waals surface area contributed by atoms with Gasteiger partial charge in [-0.1, -0.05) is 6.07 Å². The summed E-state index contributed by atoms with van der Waals surface area (Å²) in [7, 11) is 3.57. The van der Waals surface area contributed by atoms with Crippen LogP contribution in [0.1, 0.15) is 11.1 Å². The quantitative estimate of drug-likeness (QED) is 0.687. The van der Waals surface area contributed by atoms with Gasteiger partial charge < -0.3 is 10.1 Å². The Hall–Kier alpha value is -1.97. The fourth-order valence-corrected chi connectivity index (χ4v) is 2.23. The van der Waals surface area contributed by atoms with E-state index in [2.05, 4.69) is 27.6 Å². The second-order valence-electron chi connectivity index (χ2n) is 3.88. The van der Waals surface area contributed by atoms with Gasteiger partial charge in [-0.05, 0) is 17.7 Å². The van der Waals surface area contributed by atoms with E-state index in [1.165, 1.54) is 16.7 Å². The molecule has 0 saturated heterocycles. The van der Waals surface area contributed by atoms with Gasteiger partial charge in [0.05, 0.1) is 12.8 Å². The monoisotopic (exact) mass is 215 g/mol. The van der Waals surface area contributed by atoms with Crippen molar-refractivity contribution in [2.75, 3.05) is 19.5 Å². The lowest BCUT2D eigenvalue weighted by Gasteiger charge is -2.03. The first-order chi connectivity index (χ1) is 7.83. The van der Waals surface area contributed by atoms with Crippen molar-refractivity contribution in [1.29, 1.82) is 0 Å². The molecule has 0 spiro atoms. The lowest BCUT2D eigenvalue weighted by molar-refractivity contribution is 0.415. The van der Waals surface area contributed by atoms with Crippen LogP contribution in [-0.4, -0.2) is 24.4 Å². The maximum Gasteiger partial charge on any atom is 0.151 e. The van der Waals surface area contributed by atoms with Gasteiger partial charge in [-0.25, -0.2) is 0 Å². The van der Waals surface area contributed by atoms with Crippen LogP contribution in [0.15, 0.2) is 18.2 Å². The topological polar surface area (TPSA) is 49.9 Å². The van der Waals surface area contributed by atoms with E-state index >= 15 is 0 Å². The molecule has 0 unspecified atom stereocenters. The number of hydrogen-bond acceptors (Lipinski definition) is 3. The van der Waals surface area contributed by atoms with Gasteiger partial charge in [-0.2, -0.15) is 5.10 Å². The third-order valence-electron chi connectivity index (χ3n) is 3.06. The van der Waals surface area contributed by atoms with E-state index in [4.69, 9.17) is 4.74 Å². The number of hydrogen-bond donors (Lipinski definition) is 2. The Labute approximate surface area is 93.6 Å². The zero-order chi connectivity index (χ0) is 11.1. The Balaban J connectivity index is 2.16. The van der Waals surface area contributed by atoms with Crippen LogP contribution in [0.4, 0.5) is 5.82 Å². The first kappa shape index (κ1) is 9.27. The van der Waals surface area contributed by atoms with E-state index in [1.807, 2.05) is 13.1 Å². The highest BCUT2D eigenvalue weighted by atomic mass is 16.5. The summed E-state index contributed by atoms with van der Waals surface area (Å²) >= 11 is 0. The number of benzene rings is 1. The average molecular weight is 215 g/mol. The maximum absolute atomic E-state index is 5.24. The maximum atomic E-state index is 5.24. The number of aromatic nitrogens is 2. The summed E-state index contributed by atoms with van der Waals surface area (Å²) < 4.78 is 5.24. The Morgan fingerprint density at radius 2 is 2.31 bits per heavy atom. The largest absolute Gasteiger partial charge is 0.497 e. The van der Waals surface area contributed by atoms with Crippen molar-refractivity contribution < 1.29 is 4.74 Å². The van der Waals surface area contributed by atoms with E-state index in [-0.39, 0.29) is 0 Å². The van der Waals surface area contributed by atoms with Crippen molar-refractivity contribution in [2.24, 2.45) is 0 Å². The van der Waals surface area contributed by atoms with Gasteiger partial charge in [0.2, 0.25) is 0 Å². The van der Waals surface area contributed by atoms with Gasteiger partial charge in [0, 0.05) is 24.6 Å². The van der Waals surface area contributed by atoms with Gasteiger partial charge in [-0.3, -0.25) is 5.10 Å². The Morgan fingerprint density at radius 3 is 3.06 bits per heavy atom. The van der Waals surface area contributed by atoms with Crippen molar-refractivity contribution in [2.45, 2.75) is 6.42 Å². The number of rotatable bonds is 2. The minimum atomic E-state index is 0.882. The molecule has 1 heterocycles. The normalized spacial score (nSPS) is 12.1. The fourth-order valence-electron chi connectivity index (χ4n) is 2.23. The Morgan fingerprint density at radius 1 is 1.44 bits per heavy atom. The highest BCUT2D eigenvalue weighted by molar-refractivity contribution is 5.78. The van der Waals surface area contributed by atoms with Gasteiger partial charge in [0.25, 0.3) is 0 Å². The zero-order valence-electron chi connectivity index (χ0n) is 9.29. The van der Waals surface area contributed by atoms with Crippen LogP contribution in [0.2, 0.25) is 0 Å². The van der Waals surface area contributed by atoms with Crippen LogP contribution < -0.4 is 10.1 Å². The van der Waals surface area contributed by atoms with Gasteiger partial charge in [0.15, 0.2) is 5.82 Å². The van der Waals surface area contributed by atoms with Crippen molar-refractivity contribution in [1.82, 2.24) is 10.2 Å². The summed E-state index contributed by atoms with van der Waals surface area (Å²) in [5.41, 5.74) is 4.87. The highest BCUT2D eigenvalue weighted by Crippen LogP contribution is 2.39. The predicted octanol–water partition coefficient (Wildman–Crippen LogP) is 2.03. The van der Waals surface area contributed by atoms with Gasteiger partial charge >= 0.3 is 0 Å². The third-order valence-corrected chi connectivity index (χ3v) is 3.06. The second kappa shape index (κ2) is 3.27. The number of methoxy groups -OCH3 is 1. The van der Waals surface area contributed by atoms with Crippen LogP contribution in [-0.2, 0) is 6.42 Å². The molecule has 1 aromatic carbocycles. The summed E-state index contributed by atoms with van der Waals surface area (Å²) in [5.74, 6) is 1.82. The Bertz CT molecular complexity index is 545. The van der Waals surface area contributed by atoms with Crippen molar-refractivity contribution >= 4 is 5.82 Å². The molecular weight excluding hydrogens is 202 g/mol. The molecule has 0 fully saturated rings. The van der Waals surface area contributed by atoms with Crippen LogP contribution in [0.5, 0.6) is 5.75 Å². The number of H-pyrrole nitrogens is 1. The fraction of sp³-hybridized carbons (Fsp3) is 0.250. The molecule has 0 aliphatic heterocycles. The van der Waals surface area contributed by atoms with E-state index in [1.54, 1.807) is 7.11 Å². The molecule has 2 aromatic rings. The molecule has 2 N–H and O–H groups in total. The van der Waals surface area contributed by atoms with Crippen molar-refractivity contribution in [3.05, 3.63) is 29.3 Å². The SMILES string of the molecule is CNc1n[nH]c2c1Cc1ccc(OC)cc1-2. The number of nitrogens with zero attached hydrogens (tertiary/aromatic N) is 1. The van der Waals surface area contributed by atoms with Crippen LogP contribution in [0, 0.1) is 0 Å². The molecule has 16 heavy (non-hydrogen) atoms. The molecule has 4 heteroatoms. The second-order valence-corrected chi connectivity index (χ2v) is 3.88. The standard InChI is InChI=1S/C12H13N3O/c1-13-12-10-5-7-3-4-8(16-2)6-9(7)11(10)14-15-12/h3-4,6H,5H2,1-2H3,(H2,13,14,15). The van der Waals surface area contributed by atoms with E-state index in [9.17, 15) is 0 Å². The molecule has 0 bridgehead atoms. The number of fused-ring (bicyclic) bond motifs is 3. The summed E-state index contributed by atoms with van der Waals surface area (Å²) in [5, 5.41) is 10.4. The smallest absolute Gasteiger partial charge is 0.151 e. The number of aromatic amines is 1. The lowest BCUT2D eigenvalue weighted by Crippen LogP contribution is -1.92. The molecule has 0 radical (unpaired) electrons. The molecule has 1 aromatic heterocycles. The summed E-state index contributed by atoms with van der Waals surface area (Å²) in [6, 6.07) is 6.16. The third kappa shape index (κ3) is 1.13. The highest BCUT2D eigenvalue weighted by Gasteiger charge is 2.24. The first-order valence-corrected chi connectivity index (χ1v) is 5.25. The molecule has 0 amide bonds. The first-order valence-electron chi connectivity index (χ1n) is 5.25. The van der Waals surface area contributed by atoms with E-state index in [0.29, 0.717) is 0 Å². The van der Waals surface area contributed by atoms with E-state index in [0.717, 1.165) is 23.7 Å². The molecule has 0 saturated carbocycles. The van der Waals surface area contributed by atoms with Gasteiger partial charge in [-0.15, -0.1) is 0 Å². The van der Waals surface area contributed by atoms with E-state index < -0.39 is 0 Å². The molecule has 0 atom stereocenters. The van der Waals surface area contributed by atoms with Crippen LogP contribution in [0.25, 0.3) is 11.3 Å². The van der Waals surface area contributed by atoms with Gasteiger partial charge in [0.1, 0.15) is 5.75 Å². The molecule has 1 aliphatic rings. The number of ether oxygens (including phenoxy) is 1. The van der Waals surface area contributed by atoms with Crippen molar-refractivity contribution in [3.8, 4) is 17.0 Å². The Kier molecular flexibility index (Phi) is 1.89. The zero-order valence-corrected chi connectivity index (χ0v) is 9.29.